The first kappa shape index (κ1) is 18.8. The van der Waals surface area contributed by atoms with E-state index in [0.717, 1.165) is 12.1 Å². The Hall–Kier alpha value is -1.97. The van der Waals surface area contributed by atoms with Gasteiger partial charge in [-0.15, -0.1) is 11.6 Å². The smallest absolute Gasteiger partial charge is 0.325 e. The second kappa shape index (κ2) is 6.04. The topological polar surface area (TPSA) is 49.7 Å². The van der Waals surface area contributed by atoms with Gasteiger partial charge in [0.15, 0.2) is 0 Å². The van der Waals surface area contributed by atoms with Gasteiger partial charge in [-0.1, -0.05) is 6.07 Å². The van der Waals surface area contributed by atoms with Crippen LogP contribution in [0.15, 0.2) is 30.3 Å². The standard InChI is InChI=1S/C16H9ClF6O3/c17-13-9-1-2-10(26-8-4-6(18)3-7(19)5-8)11(14(20)21)12(9)16(24,25)15(13,22)23/h1-5,13-14,24-25H. The zero-order valence-corrected chi connectivity index (χ0v) is 13.2. The molecule has 1 atom stereocenters. The molecule has 3 rings (SSSR count). The van der Waals surface area contributed by atoms with E-state index in [-0.39, 0.29) is 0 Å². The highest BCUT2D eigenvalue weighted by Gasteiger charge is 2.66. The fourth-order valence-corrected chi connectivity index (χ4v) is 3.11. The van der Waals surface area contributed by atoms with E-state index in [2.05, 4.69) is 0 Å². The Kier molecular flexibility index (Phi) is 4.37. The van der Waals surface area contributed by atoms with Crippen molar-refractivity contribution in [3.8, 4) is 11.5 Å². The molecule has 2 aromatic rings. The minimum Gasteiger partial charge on any atom is -0.457 e. The molecule has 0 aromatic heterocycles. The molecule has 0 radical (unpaired) electrons. The summed E-state index contributed by atoms with van der Waals surface area (Å²) in [5, 5.41) is 17.3. The summed E-state index contributed by atoms with van der Waals surface area (Å²) in [4.78, 5) is 0. The number of alkyl halides is 5. The quantitative estimate of drug-likeness (QED) is 0.445. The van der Waals surface area contributed by atoms with Crippen LogP contribution >= 0.6 is 11.6 Å². The van der Waals surface area contributed by atoms with Crippen LogP contribution in [0.2, 0.25) is 0 Å². The van der Waals surface area contributed by atoms with Gasteiger partial charge < -0.3 is 14.9 Å². The minimum absolute atomic E-state index is 0.509. The van der Waals surface area contributed by atoms with Crippen molar-refractivity contribution in [2.75, 3.05) is 0 Å². The molecule has 0 aliphatic heterocycles. The van der Waals surface area contributed by atoms with Gasteiger partial charge in [-0.2, -0.15) is 8.78 Å². The number of fused-ring (bicyclic) bond motifs is 1. The monoisotopic (exact) mass is 398 g/mol. The summed E-state index contributed by atoms with van der Waals surface area (Å²) in [6, 6.07) is 3.54. The van der Waals surface area contributed by atoms with Crippen molar-refractivity contribution in [3.05, 3.63) is 58.7 Å². The highest BCUT2D eigenvalue weighted by atomic mass is 35.5. The van der Waals surface area contributed by atoms with Crippen molar-refractivity contribution < 1.29 is 41.3 Å². The third kappa shape index (κ3) is 2.70. The summed E-state index contributed by atoms with van der Waals surface area (Å²) < 4.78 is 86.5. The van der Waals surface area contributed by atoms with Crippen LogP contribution in [0.4, 0.5) is 26.3 Å². The van der Waals surface area contributed by atoms with Crippen LogP contribution in [0.5, 0.6) is 11.5 Å². The van der Waals surface area contributed by atoms with E-state index < -0.39 is 63.3 Å². The van der Waals surface area contributed by atoms with Crippen molar-refractivity contribution in [1.82, 2.24) is 0 Å². The SMILES string of the molecule is OC1(O)c2c(ccc(Oc3cc(F)cc(F)c3)c2C(F)F)C(Cl)C1(F)F. The Labute approximate surface area is 147 Å². The highest BCUT2D eigenvalue weighted by Crippen LogP contribution is 2.59. The first-order valence-electron chi connectivity index (χ1n) is 7.02. The maximum atomic E-state index is 14.0. The van der Waals surface area contributed by atoms with E-state index >= 15 is 0 Å². The number of rotatable bonds is 3. The van der Waals surface area contributed by atoms with Gasteiger partial charge in [0.05, 0.1) is 5.56 Å². The molecule has 140 valence electrons. The molecule has 0 saturated heterocycles. The zero-order chi connectivity index (χ0) is 19.4. The molecule has 1 unspecified atom stereocenters. The van der Waals surface area contributed by atoms with E-state index in [0.29, 0.717) is 18.2 Å². The summed E-state index contributed by atoms with van der Waals surface area (Å²) >= 11 is 5.49. The lowest BCUT2D eigenvalue weighted by Gasteiger charge is -2.27. The van der Waals surface area contributed by atoms with Crippen LogP contribution in [-0.4, -0.2) is 16.1 Å². The molecule has 0 saturated carbocycles. The first-order valence-corrected chi connectivity index (χ1v) is 7.46. The van der Waals surface area contributed by atoms with E-state index in [9.17, 15) is 36.6 Å². The largest absolute Gasteiger partial charge is 0.457 e. The number of hydrogen-bond donors (Lipinski definition) is 2. The number of benzene rings is 2. The van der Waals surface area contributed by atoms with Crippen molar-refractivity contribution in [3.63, 3.8) is 0 Å². The van der Waals surface area contributed by atoms with E-state index in [1.165, 1.54) is 0 Å². The van der Waals surface area contributed by atoms with Gasteiger partial charge in [0.2, 0.25) is 0 Å². The van der Waals surface area contributed by atoms with Crippen molar-refractivity contribution >= 4 is 11.6 Å². The van der Waals surface area contributed by atoms with Crippen molar-refractivity contribution in [2.45, 2.75) is 23.5 Å². The van der Waals surface area contributed by atoms with Crippen LogP contribution in [0, 0.1) is 11.6 Å². The molecule has 26 heavy (non-hydrogen) atoms. The van der Waals surface area contributed by atoms with Gasteiger partial charge in [-0.05, 0) is 11.6 Å². The summed E-state index contributed by atoms with van der Waals surface area (Å²) in [5.74, 6) is -11.8. The second-order valence-electron chi connectivity index (χ2n) is 5.61. The van der Waals surface area contributed by atoms with Crippen molar-refractivity contribution in [2.24, 2.45) is 0 Å². The van der Waals surface area contributed by atoms with E-state index in [1.54, 1.807) is 0 Å². The normalized spacial score (nSPS) is 20.3. The van der Waals surface area contributed by atoms with Gasteiger partial charge in [0.1, 0.15) is 28.5 Å². The lowest BCUT2D eigenvalue weighted by Crippen LogP contribution is -2.43. The van der Waals surface area contributed by atoms with E-state index in [4.69, 9.17) is 16.3 Å². The average Bonchev–Trinajstić information content (AvgIpc) is 2.64. The summed E-state index contributed by atoms with van der Waals surface area (Å²) in [7, 11) is 0. The first-order chi connectivity index (χ1) is 12.0. The van der Waals surface area contributed by atoms with Crippen LogP contribution in [-0.2, 0) is 5.79 Å². The van der Waals surface area contributed by atoms with Crippen molar-refractivity contribution in [1.29, 1.82) is 0 Å². The predicted molar refractivity (Wildman–Crippen MR) is 77.5 cm³/mol. The van der Waals surface area contributed by atoms with E-state index in [1.807, 2.05) is 0 Å². The molecule has 3 nitrogen and oxygen atoms in total. The molecular formula is C16H9ClF6O3. The van der Waals surface area contributed by atoms with Crippen LogP contribution in [0.25, 0.3) is 0 Å². The molecule has 0 bridgehead atoms. The molecule has 0 fully saturated rings. The van der Waals surface area contributed by atoms with Gasteiger partial charge in [-0.25, -0.2) is 17.6 Å². The molecule has 0 spiro atoms. The van der Waals surface area contributed by atoms with Gasteiger partial charge in [0, 0.05) is 23.8 Å². The molecule has 0 heterocycles. The number of ether oxygens (including phenoxy) is 1. The summed E-state index contributed by atoms with van der Waals surface area (Å²) in [6.45, 7) is 0. The van der Waals surface area contributed by atoms with Gasteiger partial charge >= 0.3 is 5.92 Å². The number of halogens is 7. The van der Waals surface area contributed by atoms with Gasteiger partial charge in [-0.3, -0.25) is 0 Å². The molecule has 2 N–H and O–H groups in total. The highest BCUT2D eigenvalue weighted by molar-refractivity contribution is 6.22. The fraction of sp³-hybridized carbons (Fsp3) is 0.250. The third-order valence-corrected chi connectivity index (χ3v) is 4.43. The zero-order valence-electron chi connectivity index (χ0n) is 12.5. The molecular weight excluding hydrogens is 390 g/mol. The molecule has 1 aliphatic carbocycles. The summed E-state index contributed by atoms with van der Waals surface area (Å²) in [5.41, 5.74) is -3.08. The molecule has 2 aromatic carbocycles. The Morgan fingerprint density at radius 3 is 2.15 bits per heavy atom. The fourth-order valence-electron chi connectivity index (χ4n) is 2.78. The molecule has 0 amide bonds. The Balaban J connectivity index is 2.18. The minimum atomic E-state index is -4.36. The summed E-state index contributed by atoms with van der Waals surface area (Å²) in [6.07, 6.45) is -3.48. The molecule has 1 aliphatic rings. The number of aliphatic hydroxyl groups is 2. The second-order valence-corrected chi connectivity index (χ2v) is 6.04. The van der Waals surface area contributed by atoms with Crippen LogP contribution < -0.4 is 4.74 Å². The van der Waals surface area contributed by atoms with Crippen LogP contribution in [0.3, 0.4) is 0 Å². The van der Waals surface area contributed by atoms with Crippen LogP contribution in [0.1, 0.15) is 28.5 Å². The average molecular weight is 399 g/mol. The number of hydrogen-bond acceptors (Lipinski definition) is 3. The lowest BCUT2D eigenvalue weighted by molar-refractivity contribution is -0.296. The predicted octanol–water partition coefficient (Wildman–Crippen LogP) is 4.76. The Bertz CT molecular complexity index is 851. The third-order valence-electron chi connectivity index (χ3n) is 3.92. The maximum absolute atomic E-state index is 14.0. The Morgan fingerprint density at radius 2 is 1.62 bits per heavy atom. The van der Waals surface area contributed by atoms with Gasteiger partial charge in [0.25, 0.3) is 12.2 Å². The Morgan fingerprint density at radius 1 is 1.04 bits per heavy atom. The lowest BCUT2D eigenvalue weighted by atomic mass is 9.98. The maximum Gasteiger partial charge on any atom is 0.325 e. The molecule has 10 heteroatoms.